The fourth-order valence-electron chi connectivity index (χ4n) is 2.92. The lowest BCUT2D eigenvalue weighted by Crippen LogP contribution is -2.38. The molecule has 6 heteroatoms. The number of hydrogen-bond acceptors (Lipinski definition) is 5. The molecule has 0 bridgehead atoms. The van der Waals surface area contributed by atoms with E-state index in [1.165, 1.54) is 0 Å². The molecule has 0 saturated carbocycles. The molecule has 1 saturated heterocycles. The Kier molecular flexibility index (Phi) is 4.27. The van der Waals surface area contributed by atoms with Crippen molar-refractivity contribution in [3.05, 3.63) is 35.4 Å². The summed E-state index contributed by atoms with van der Waals surface area (Å²) in [7, 11) is 0. The molecule has 2 aromatic rings. The minimum Gasteiger partial charge on any atom is -0.469 e. The zero-order valence-corrected chi connectivity index (χ0v) is 13.0. The number of hydrogen-bond donors (Lipinski definition) is 0. The highest BCUT2D eigenvalue weighted by Crippen LogP contribution is 2.31. The molecule has 0 radical (unpaired) electrons. The Bertz CT molecular complexity index is 647. The molecule has 0 unspecified atom stereocenters. The molecule has 6 nitrogen and oxygen atoms in total. The molecule has 0 aliphatic carbocycles. The van der Waals surface area contributed by atoms with Gasteiger partial charge in [0.1, 0.15) is 11.8 Å². The van der Waals surface area contributed by atoms with Crippen LogP contribution in [0.3, 0.4) is 0 Å². The molecule has 0 spiro atoms. The number of furan rings is 1. The van der Waals surface area contributed by atoms with Crippen molar-refractivity contribution in [1.29, 1.82) is 0 Å². The van der Waals surface area contributed by atoms with Gasteiger partial charge in [0, 0.05) is 13.0 Å². The third kappa shape index (κ3) is 2.77. The Morgan fingerprint density at radius 1 is 1.45 bits per heavy atom. The van der Waals surface area contributed by atoms with E-state index >= 15 is 0 Å². The first-order valence-corrected chi connectivity index (χ1v) is 7.88. The molecule has 22 heavy (non-hydrogen) atoms. The summed E-state index contributed by atoms with van der Waals surface area (Å²) in [6.07, 6.45) is 6.23. The van der Waals surface area contributed by atoms with Crippen LogP contribution in [0.25, 0.3) is 0 Å². The van der Waals surface area contributed by atoms with Gasteiger partial charge in [-0.05, 0) is 38.7 Å². The molecule has 1 atom stereocenters. The maximum absolute atomic E-state index is 12.8. The summed E-state index contributed by atoms with van der Waals surface area (Å²) in [6.45, 7) is 4.59. The summed E-state index contributed by atoms with van der Waals surface area (Å²) in [4.78, 5) is 19.1. The van der Waals surface area contributed by atoms with E-state index in [2.05, 4.69) is 17.1 Å². The van der Waals surface area contributed by atoms with Gasteiger partial charge in [0.15, 0.2) is 5.82 Å². The Morgan fingerprint density at radius 3 is 3.05 bits per heavy atom. The third-order valence-electron chi connectivity index (χ3n) is 4.10. The summed E-state index contributed by atoms with van der Waals surface area (Å²) in [5.41, 5.74) is 0.611. The molecule has 1 fully saturated rings. The fourth-order valence-corrected chi connectivity index (χ4v) is 2.92. The maximum atomic E-state index is 12.8. The molecule has 3 rings (SSSR count). The van der Waals surface area contributed by atoms with Crippen molar-refractivity contribution in [3.8, 4) is 0 Å². The van der Waals surface area contributed by atoms with E-state index in [4.69, 9.17) is 8.94 Å². The first kappa shape index (κ1) is 14.8. The molecule has 1 aliphatic heterocycles. The van der Waals surface area contributed by atoms with Crippen molar-refractivity contribution in [3.63, 3.8) is 0 Å². The van der Waals surface area contributed by atoms with Crippen LogP contribution in [-0.4, -0.2) is 27.5 Å². The lowest BCUT2D eigenvalue weighted by molar-refractivity contribution is 0.0559. The van der Waals surface area contributed by atoms with Gasteiger partial charge in [-0.15, -0.1) is 0 Å². The fraction of sp³-hybridized carbons (Fsp3) is 0.562. The molecular weight excluding hydrogens is 282 g/mol. The molecule has 0 aromatic carbocycles. The molecular formula is C16H21N3O3. The van der Waals surface area contributed by atoms with Crippen LogP contribution < -0.4 is 0 Å². The second-order valence-corrected chi connectivity index (χ2v) is 5.70. The van der Waals surface area contributed by atoms with Crippen molar-refractivity contribution in [1.82, 2.24) is 15.0 Å². The maximum Gasteiger partial charge on any atom is 0.258 e. The van der Waals surface area contributed by atoms with Crippen LogP contribution in [0.2, 0.25) is 0 Å². The van der Waals surface area contributed by atoms with Gasteiger partial charge in [-0.1, -0.05) is 12.1 Å². The predicted octanol–water partition coefficient (Wildman–Crippen LogP) is 3.29. The first-order chi connectivity index (χ1) is 10.7. The number of carbonyl (C=O) groups excluding carboxylic acids is 1. The zero-order valence-electron chi connectivity index (χ0n) is 13.0. The van der Waals surface area contributed by atoms with Crippen LogP contribution in [0.15, 0.2) is 21.3 Å². The highest BCUT2D eigenvalue weighted by molar-refractivity contribution is 5.95. The first-order valence-electron chi connectivity index (χ1n) is 7.88. The van der Waals surface area contributed by atoms with Crippen LogP contribution in [0.5, 0.6) is 0 Å². The van der Waals surface area contributed by atoms with Crippen LogP contribution in [-0.2, 0) is 6.42 Å². The van der Waals surface area contributed by atoms with Gasteiger partial charge in [0.05, 0.1) is 11.8 Å². The van der Waals surface area contributed by atoms with E-state index in [1.54, 1.807) is 19.3 Å². The summed E-state index contributed by atoms with van der Waals surface area (Å²) in [5.74, 6) is 1.89. The third-order valence-corrected chi connectivity index (χ3v) is 4.10. The average Bonchev–Trinajstić information content (AvgIpc) is 3.16. The molecule has 0 N–H and O–H groups in total. The van der Waals surface area contributed by atoms with E-state index in [0.29, 0.717) is 23.8 Å². The predicted molar refractivity (Wildman–Crippen MR) is 79.4 cm³/mol. The van der Waals surface area contributed by atoms with Gasteiger partial charge in [0.25, 0.3) is 5.91 Å². The monoisotopic (exact) mass is 303 g/mol. The number of nitrogens with zero attached hydrogens (tertiary/aromatic N) is 3. The molecule has 118 valence electrons. The van der Waals surface area contributed by atoms with Gasteiger partial charge in [-0.25, -0.2) is 0 Å². The lowest BCUT2D eigenvalue weighted by atomic mass is 10.0. The second-order valence-electron chi connectivity index (χ2n) is 5.70. The van der Waals surface area contributed by atoms with E-state index < -0.39 is 0 Å². The SMILES string of the molecule is CCCc1noc([C@@H]2CCCCN2C(=O)c2ccoc2C)n1. The van der Waals surface area contributed by atoms with E-state index in [1.807, 2.05) is 4.90 Å². The van der Waals surface area contributed by atoms with E-state index in [-0.39, 0.29) is 11.9 Å². The number of piperidine rings is 1. The Balaban J connectivity index is 1.84. The highest BCUT2D eigenvalue weighted by atomic mass is 16.5. The van der Waals surface area contributed by atoms with Crippen molar-refractivity contribution in [2.24, 2.45) is 0 Å². The van der Waals surface area contributed by atoms with Crippen LogP contribution in [0, 0.1) is 6.92 Å². The zero-order chi connectivity index (χ0) is 15.5. The lowest BCUT2D eigenvalue weighted by Gasteiger charge is -2.33. The summed E-state index contributed by atoms with van der Waals surface area (Å²) in [5, 5.41) is 4.01. The smallest absolute Gasteiger partial charge is 0.258 e. The number of likely N-dealkylation sites (tertiary alicyclic amines) is 1. The number of rotatable bonds is 4. The Labute approximate surface area is 129 Å². The average molecular weight is 303 g/mol. The number of amides is 1. The van der Waals surface area contributed by atoms with Crippen molar-refractivity contribution in [2.45, 2.75) is 52.0 Å². The Hall–Kier alpha value is -2.11. The molecule has 2 aromatic heterocycles. The number of aromatic nitrogens is 2. The normalized spacial score (nSPS) is 18.6. The number of carbonyl (C=O) groups is 1. The number of aryl methyl sites for hydroxylation is 2. The molecule has 3 heterocycles. The largest absolute Gasteiger partial charge is 0.469 e. The topological polar surface area (TPSA) is 72.4 Å². The van der Waals surface area contributed by atoms with E-state index in [9.17, 15) is 4.79 Å². The van der Waals surface area contributed by atoms with Crippen molar-refractivity contribution in [2.75, 3.05) is 6.54 Å². The quantitative estimate of drug-likeness (QED) is 0.866. The summed E-state index contributed by atoms with van der Waals surface area (Å²) < 4.78 is 10.7. The van der Waals surface area contributed by atoms with Crippen molar-refractivity contribution >= 4 is 5.91 Å². The highest BCUT2D eigenvalue weighted by Gasteiger charge is 2.33. The van der Waals surface area contributed by atoms with Crippen LogP contribution in [0.1, 0.15) is 66.5 Å². The molecule has 1 aliphatic rings. The van der Waals surface area contributed by atoms with E-state index in [0.717, 1.165) is 37.9 Å². The van der Waals surface area contributed by atoms with Gasteiger partial charge >= 0.3 is 0 Å². The second kappa shape index (κ2) is 6.34. The van der Waals surface area contributed by atoms with Crippen molar-refractivity contribution < 1.29 is 13.7 Å². The standard InChI is InChI=1S/C16H21N3O3/c1-3-6-14-17-15(22-18-14)13-7-4-5-9-19(13)16(20)12-8-10-21-11(12)2/h8,10,13H,3-7,9H2,1-2H3/t13-/m0/s1. The summed E-state index contributed by atoms with van der Waals surface area (Å²) in [6, 6.07) is 1.59. The summed E-state index contributed by atoms with van der Waals surface area (Å²) >= 11 is 0. The minimum absolute atomic E-state index is 0.0220. The van der Waals surface area contributed by atoms with Gasteiger partial charge < -0.3 is 13.8 Å². The van der Waals surface area contributed by atoms with Crippen LogP contribution in [0.4, 0.5) is 0 Å². The Morgan fingerprint density at radius 2 is 2.32 bits per heavy atom. The van der Waals surface area contributed by atoms with Gasteiger partial charge in [0.2, 0.25) is 5.89 Å². The molecule has 1 amide bonds. The van der Waals surface area contributed by atoms with Gasteiger partial charge in [-0.3, -0.25) is 4.79 Å². The minimum atomic E-state index is -0.131. The van der Waals surface area contributed by atoms with Crippen LogP contribution >= 0.6 is 0 Å². The van der Waals surface area contributed by atoms with Gasteiger partial charge in [-0.2, -0.15) is 4.98 Å².